The van der Waals surface area contributed by atoms with Crippen molar-refractivity contribution >= 4 is 38.5 Å². The number of aromatic nitrogens is 1. The minimum atomic E-state index is -0.692. The maximum atomic E-state index is 12.0. The number of hydrogen-bond acceptors (Lipinski definition) is 6. The molecule has 3 rings (SSSR count). The number of carbonyl (C=O) groups is 1. The van der Waals surface area contributed by atoms with Crippen LogP contribution in [0.25, 0.3) is 10.2 Å². The fourth-order valence-corrected chi connectivity index (χ4v) is 2.96. The highest BCUT2D eigenvalue weighted by atomic mass is 32.1. The van der Waals surface area contributed by atoms with Crippen LogP contribution in [-0.4, -0.2) is 15.8 Å². The molecule has 1 aromatic carbocycles. The number of benzene rings is 1. The normalized spacial score (nSPS) is 10.8. The average molecular weight is 317 g/mol. The molecule has 0 aliphatic carbocycles. The van der Waals surface area contributed by atoms with Gasteiger partial charge in [0.2, 0.25) is 0 Å². The molecule has 8 heteroatoms. The smallest absolute Gasteiger partial charge is 0.395 e. The summed E-state index contributed by atoms with van der Waals surface area (Å²) in [7, 11) is 0. The van der Waals surface area contributed by atoms with Crippen LogP contribution in [0.1, 0.15) is 23.0 Å². The van der Waals surface area contributed by atoms with Gasteiger partial charge >= 0.3 is 5.88 Å². The Morgan fingerprint density at radius 2 is 2.23 bits per heavy atom. The third kappa shape index (κ3) is 2.56. The van der Waals surface area contributed by atoms with Crippen LogP contribution < -0.4 is 5.32 Å². The van der Waals surface area contributed by atoms with E-state index in [0.29, 0.717) is 5.13 Å². The third-order valence-electron chi connectivity index (χ3n) is 3.10. The molecule has 0 saturated carbocycles. The summed E-state index contributed by atoms with van der Waals surface area (Å²) >= 11 is 1.34. The Balaban J connectivity index is 1.86. The van der Waals surface area contributed by atoms with Crippen LogP contribution in [0.5, 0.6) is 0 Å². The van der Waals surface area contributed by atoms with Gasteiger partial charge < -0.3 is 4.42 Å². The number of rotatable bonds is 4. The molecule has 0 spiro atoms. The van der Waals surface area contributed by atoms with Crippen molar-refractivity contribution in [3.8, 4) is 0 Å². The van der Waals surface area contributed by atoms with E-state index in [0.717, 1.165) is 28.3 Å². The number of furan rings is 1. The van der Waals surface area contributed by atoms with Gasteiger partial charge in [-0.3, -0.25) is 20.2 Å². The van der Waals surface area contributed by atoms with Gasteiger partial charge in [0, 0.05) is 0 Å². The van der Waals surface area contributed by atoms with Crippen molar-refractivity contribution in [2.75, 3.05) is 5.32 Å². The first-order valence-corrected chi connectivity index (χ1v) is 7.34. The molecule has 0 unspecified atom stereocenters. The Morgan fingerprint density at radius 1 is 1.41 bits per heavy atom. The van der Waals surface area contributed by atoms with E-state index in [9.17, 15) is 14.9 Å². The summed E-state index contributed by atoms with van der Waals surface area (Å²) in [6, 6.07) is 8.27. The second-order valence-corrected chi connectivity index (χ2v) is 5.52. The lowest BCUT2D eigenvalue weighted by molar-refractivity contribution is -0.402. The summed E-state index contributed by atoms with van der Waals surface area (Å²) in [5, 5.41) is 13.6. The van der Waals surface area contributed by atoms with Crippen molar-refractivity contribution in [3.05, 3.63) is 51.8 Å². The first kappa shape index (κ1) is 14.2. The van der Waals surface area contributed by atoms with Crippen LogP contribution in [0.15, 0.2) is 34.7 Å². The lowest BCUT2D eigenvalue weighted by atomic mass is 10.1. The topological polar surface area (TPSA) is 98.3 Å². The molecule has 2 aromatic heterocycles. The van der Waals surface area contributed by atoms with Crippen LogP contribution in [0, 0.1) is 10.1 Å². The maximum Gasteiger partial charge on any atom is 0.433 e. The quantitative estimate of drug-likeness (QED) is 0.585. The molecule has 22 heavy (non-hydrogen) atoms. The number of nitrogens with zero attached hydrogens (tertiary/aromatic N) is 2. The van der Waals surface area contributed by atoms with E-state index in [-0.39, 0.29) is 5.76 Å². The van der Waals surface area contributed by atoms with Gasteiger partial charge in [-0.25, -0.2) is 4.98 Å². The summed E-state index contributed by atoms with van der Waals surface area (Å²) in [5.41, 5.74) is 1.96. The highest BCUT2D eigenvalue weighted by Crippen LogP contribution is 2.29. The van der Waals surface area contributed by atoms with E-state index in [1.165, 1.54) is 17.4 Å². The first-order chi connectivity index (χ1) is 10.6. The number of thiazole rings is 1. The standard InChI is InChI=1S/C14H11N3O4S/c1-2-8-4-3-5-10-12(8)15-14(22-10)16-13(18)9-6-7-11(21-9)17(19)20/h3-7H,2H2,1H3,(H,15,16,18). The second kappa shape index (κ2) is 5.57. The average Bonchev–Trinajstić information content (AvgIpc) is 3.13. The van der Waals surface area contributed by atoms with Crippen LogP contribution in [-0.2, 0) is 6.42 Å². The molecular weight excluding hydrogens is 306 g/mol. The fraction of sp³-hybridized carbons (Fsp3) is 0.143. The van der Waals surface area contributed by atoms with E-state index in [2.05, 4.69) is 10.3 Å². The van der Waals surface area contributed by atoms with Gasteiger partial charge in [-0.05, 0) is 24.1 Å². The number of para-hydroxylation sites is 1. The van der Waals surface area contributed by atoms with E-state index in [1.807, 2.05) is 25.1 Å². The summed E-state index contributed by atoms with van der Waals surface area (Å²) in [4.78, 5) is 26.3. The number of amides is 1. The zero-order chi connectivity index (χ0) is 15.7. The summed E-state index contributed by atoms with van der Waals surface area (Å²) < 4.78 is 5.84. The van der Waals surface area contributed by atoms with Crippen LogP contribution in [0.4, 0.5) is 11.0 Å². The first-order valence-electron chi connectivity index (χ1n) is 6.52. The van der Waals surface area contributed by atoms with Gasteiger partial charge in [0.1, 0.15) is 4.92 Å². The molecule has 0 bridgehead atoms. The summed E-state index contributed by atoms with van der Waals surface area (Å²) in [6.45, 7) is 2.04. The van der Waals surface area contributed by atoms with E-state index in [4.69, 9.17) is 4.42 Å². The van der Waals surface area contributed by atoms with Crippen molar-refractivity contribution in [1.82, 2.24) is 4.98 Å². The van der Waals surface area contributed by atoms with E-state index in [1.54, 1.807) is 0 Å². The molecule has 2 heterocycles. The molecular formula is C14H11N3O4S. The van der Waals surface area contributed by atoms with Crippen molar-refractivity contribution in [1.29, 1.82) is 0 Å². The Morgan fingerprint density at radius 3 is 2.91 bits per heavy atom. The van der Waals surface area contributed by atoms with Crippen LogP contribution in [0.3, 0.4) is 0 Å². The second-order valence-electron chi connectivity index (χ2n) is 4.49. The fourth-order valence-electron chi connectivity index (χ4n) is 2.05. The predicted molar refractivity (Wildman–Crippen MR) is 82.3 cm³/mol. The molecule has 0 aliphatic rings. The molecule has 0 saturated heterocycles. The predicted octanol–water partition coefficient (Wildman–Crippen LogP) is 3.61. The molecule has 112 valence electrons. The van der Waals surface area contributed by atoms with Gasteiger partial charge in [-0.2, -0.15) is 0 Å². The van der Waals surface area contributed by atoms with E-state index < -0.39 is 16.7 Å². The molecule has 3 aromatic rings. The number of hydrogen-bond donors (Lipinski definition) is 1. The van der Waals surface area contributed by atoms with E-state index >= 15 is 0 Å². The van der Waals surface area contributed by atoms with Crippen molar-refractivity contribution < 1.29 is 14.1 Å². The number of nitrogens with one attached hydrogen (secondary N) is 1. The minimum absolute atomic E-state index is 0.123. The number of fused-ring (bicyclic) bond motifs is 1. The molecule has 1 N–H and O–H groups in total. The number of nitro groups is 1. The molecule has 0 radical (unpaired) electrons. The summed E-state index contributed by atoms with van der Waals surface area (Å²) in [6.07, 6.45) is 0.846. The Kier molecular flexibility index (Phi) is 3.60. The van der Waals surface area contributed by atoms with Crippen molar-refractivity contribution in [2.24, 2.45) is 0 Å². The van der Waals surface area contributed by atoms with Crippen molar-refractivity contribution in [2.45, 2.75) is 13.3 Å². The number of aryl methyl sites for hydroxylation is 1. The van der Waals surface area contributed by atoms with Gasteiger partial charge in [0.15, 0.2) is 10.9 Å². The number of anilines is 1. The van der Waals surface area contributed by atoms with Gasteiger partial charge in [0.05, 0.1) is 16.3 Å². The third-order valence-corrected chi connectivity index (χ3v) is 4.04. The molecule has 1 amide bonds. The zero-order valence-corrected chi connectivity index (χ0v) is 12.3. The lowest BCUT2D eigenvalue weighted by Crippen LogP contribution is -2.10. The molecule has 0 fully saturated rings. The van der Waals surface area contributed by atoms with Gasteiger partial charge in [-0.1, -0.05) is 30.4 Å². The Hall–Kier alpha value is -2.74. The SMILES string of the molecule is CCc1cccc2sc(NC(=O)c3ccc([N+](=O)[O-])o3)nc12. The summed E-state index contributed by atoms with van der Waals surface area (Å²) in [5.74, 6) is -1.16. The van der Waals surface area contributed by atoms with Crippen molar-refractivity contribution in [3.63, 3.8) is 0 Å². The largest absolute Gasteiger partial charge is 0.433 e. The van der Waals surface area contributed by atoms with Crippen LogP contribution >= 0.6 is 11.3 Å². The minimum Gasteiger partial charge on any atom is -0.395 e. The maximum absolute atomic E-state index is 12.0. The molecule has 7 nitrogen and oxygen atoms in total. The zero-order valence-electron chi connectivity index (χ0n) is 11.5. The number of carbonyl (C=O) groups excluding carboxylic acids is 1. The highest BCUT2D eigenvalue weighted by Gasteiger charge is 2.18. The highest BCUT2D eigenvalue weighted by molar-refractivity contribution is 7.22. The monoisotopic (exact) mass is 317 g/mol. The Labute approximate surface area is 128 Å². The Bertz CT molecular complexity index is 868. The molecule has 0 atom stereocenters. The van der Waals surface area contributed by atoms with Gasteiger partial charge in [0.25, 0.3) is 5.91 Å². The van der Waals surface area contributed by atoms with Gasteiger partial charge in [-0.15, -0.1) is 0 Å². The van der Waals surface area contributed by atoms with Crippen LogP contribution in [0.2, 0.25) is 0 Å². The lowest BCUT2D eigenvalue weighted by Gasteiger charge is -1.97. The molecule has 0 aliphatic heterocycles.